The van der Waals surface area contributed by atoms with E-state index in [-0.39, 0.29) is 19.6 Å². The summed E-state index contributed by atoms with van der Waals surface area (Å²) in [7, 11) is 0. The number of allylic oxidation sites excluding steroid dienone is 1. The second kappa shape index (κ2) is 8.74. The molecule has 156 valence electrons. The summed E-state index contributed by atoms with van der Waals surface area (Å²) in [6.07, 6.45) is 2.95. The van der Waals surface area contributed by atoms with Crippen LogP contribution in [-0.4, -0.2) is 49.8 Å². The van der Waals surface area contributed by atoms with Gasteiger partial charge in [0.05, 0.1) is 31.0 Å². The molecule has 4 rings (SSSR count). The van der Waals surface area contributed by atoms with Crippen molar-refractivity contribution in [1.29, 1.82) is 0 Å². The normalized spacial score (nSPS) is 21.2. The van der Waals surface area contributed by atoms with Gasteiger partial charge in [-0.1, -0.05) is 10.3 Å². The third-order valence-corrected chi connectivity index (χ3v) is 6.07. The first-order valence-corrected chi connectivity index (χ1v) is 10.7. The minimum absolute atomic E-state index is 0.0883. The van der Waals surface area contributed by atoms with Crippen molar-refractivity contribution in [2.75, 3.05) is 23.0 Å². The average molecular weight is 431 g/mol. The summed E-state index contributed by atoms with van der Waals surface area (Å²) in [4.78, 5) is 16.3. The zero-order valence-electron chi connectivity index (χ0n) is 15.8. The molecule has 2 aromatic rings. The van der Waals surface area contributed by atoms with Crippen LogP contribution in [0, 0.1) is 5.82 Å². The predicted molar refractivity (Wildman–Crippen MR) is 107 cm³/mol. The van der Waals surface area contributed by atoms with E-state index >= 15 is 0 Å². The van der Waals surface area contributed by atoms with E-state index < -0.39 is 29.2 Å². The number of cyclic esters (lactones) is 1. The van der Waals surface area contributed by atoms with Crippen molar-refractivity contribution in [2.45, 2.75) is 25.6 Å². The third kappa shape index (κ3) is 4.40. The summed E-state index contributed by atoms with van der Waals surface area (Å²) in [6, 6.07) is 4.64. The van der Waals surface area contributed by atoms with Crippen LogP contribution in [-0.2, 0) is 29.0 Å². The van der Waals surface area contributed by atoms with Gasteiger partial charge in [0.15, 0.2) is 0 Å². The molecule has 2 aliphatic rings. The van der Waals surface area contributed by atoms with E-state index in [4.69, 9.17) is 10.3 Å². The van der Waals surface area contributed by atoms with Crippen LogP contribution in [0.5, 0.6) is 0 Å². The fourth-order valence-corrected chi connectivity index (χ4v) is 4.42. The molecular formula is C18H18FN7O3S. The number of nitrogens with zero attached hydrogens (tertiary/aromatic N) is 7. The van der Waals surface area contributed by atoms with Gasteiger partial charge >= 0.3 is 6.09 Å². The van der Waals surface area contributed by atoms with Crippen molar-refractivity contribution in [3.8, 4) is 0 Å². The Bertz CT molecular complexity index is 1040. The van der Waals surface area contributed by atoms with Crippen LogP contribution >= 0.6 is 0 Å². The van der Waals surface area contributed by atoms with Crippen LogP contribution in [0.4, 0.5) is 14.9 Å². The van der Waals surface area contributed by atoms with E-state index in [1.165, 1.54) is 15.6 Å². The Hall–Kier alpha value is -3.08. The average Bonchev–Trinajstić information content (AvgIpc) is 3.33. The molecule has 1 unspecified atom stereocenters. The number of azide groups is 1. The van der Waals surface area contributed by atoms with Crippen molar-refractivity contribution in [3.63, 3.8) is 0 Å². The van der Waals surface area contributed by atoms with E-state index in [2.05, 4.69) is 20.3 Å². The molecule has 1 aromatic heterocycles. The maximum Gasteiger partial charge on any atom is 0.414 e. The zero-order chi connectivity index (χ0) is 21.1. The summed E-state index contributed by atoms with van der Waals surface area (Å²) in [5.74, 6) is 0.533. The lowest BCUT2D eigenvalue weighted by Crippen LogP contribution is -2.26. The number of halogens is 1. The summed E-state index contributed by atoms with van der Waals surface area (Å²) in [5, 5.41) is 11.2. The van der Waals surface area contributed by atoms with Gasteiger partial charge in [-0.15, -0.1) is 5.10 Å². The predicted octanol–water partition coefficient (Wildman–Crippen LogP) is 2.79. The minimum atomic E-state index is -0.875. The summed E-state index contributed by atoms with van der Waals surface area (Å²) in [6.45, 7) is 0.603. The standard InChI is InChI=1S/C18H18FN7O3S/c19-17-7-14(1-2-16(17)12-3-5-30(28)6-4-12)26-11-15(29-18(26)27)10-25-9-13(22-24-25)8-21-23-20/h1-3,7,9,15H,4-6,8,10-11H2/t15-,30?/m0/s1. The molecule has 30 heavy (non-hydrogen) atoms. The lowest BCUT2D eigenvalue weighted by molar-refractivity contribution is 0.129. The molecule has 1 fully saturated rings. The zero-order valence-corrected chi connectivity index (χ0v) is 16.7. The molecule has 1 saturated heterocycles. The van der Waals surface area contributed by atoms with Crippen molar-refractivity contribution in [2.24, 2.45) is 5.11 Å². The summed E-state index contributed by atoms with van der Waals surface area (Å²) >= 11 is -0.875. The topological polar surface area (TPSA) is 132 Å². The van der Waals surface area contributed by atoms with Crippen LogP contribution in [0.25, 0.3) is 16.0 Å². The molecule has 1 amide bonds. The summed E-state index contributed by atoms with van der Waals surface area (Å²) < 4.78 is 33.1. The molecule has 10 nitrogen and oxygen atoms in total. The Morgan fingerprint density at radius 1 is 1.47 bits per heavy atom. The molecule has 12 heteroatoms. The van der Waals surface area contributed by atoms with Gasteiger partial charge in [-0.25, -0.2) is 13.9 Å². The Morgan fingerprint density at radius 3 is 3.07 bits per heavy atom. The van der Waals surface area contributed by atoms with Gasteiger partial charge < -0.3 is 9.29 Å². The Balaban J connectivity index is 1.43. The van der Waals surface area contributed by atoms with Crippen LogP contribution < -0.4 is 4.90 Å². The van der Waals surface area contributed by atoms with E-state index in [1.54, 1.807) is 18.3 Å². The fraction of sp³-hybridized carbons (Fsp3) is 0.389. The number of benzene rings is 1. The number of hydrogen-bond donors (Lipinski definition) is 0. The highest BCUT2D eigenvalue weighted by Crippen LogP contribution is 2.30. The minimum Gasteiger partial charge on any atom is -0.616 e. The quantitative estimate of drug-likeness (QED) is 0.300. The molecule has 0 saturated carbocycles. The third-order valence-electron chi connectivity index (χ3n) is 4.87. The second-order valence-corrected chi connectivity index (χ2v) is 8.51. The monoisotopic (exact) mass is 431 g/mol. The molecule has 0 aliphatic carbocycles. The SMILES string of the molecule is [N-]=[N+]=NCc1cn(C[C@H]2CN(c3ccc(C4=CC[S+]([O-])CC4)c(F)c3)C(=O)O2)nn1. The van der Waals surface area contributed by atoms with Crippen LogP contribution in [0.3, 0.4) is 0 Å². The fourth-order valence-electron chi connectivity index (χ4n) is 3.42. The van der Waals surface area contributed by atoms with Gasteiger partial charge in [-0.05, 0) is 46.6 Å². The van der Waals surface area contributed by atoms with Crippen molar-refractivity contribution in [1.82, 2.24) is 15.0 Å². The van der Waals surface area contributed by atoms with Crippen molar-refractivity contribution < 1.29 is 18.5 Å². The van der Waals surface area contributed by atoms with Crippen LogP contribution in [0.1, 0.15) is 17.7 Å². The molecule has 0 N–H and O–H groups in total. The number of amides is 1. The van der Waals surface area contributed by atoms with Gasteiger partial charge in [0.25, 0.3) is 0 Å². The lowest BCUT2D eigenvalue weighted by atomic mass is 10.0. The molecule has 2 atom stereocenters. The number of carbonyl (C=O) groups is 1. The maximum absolute atomic E-state index is 14.7. The van der Waals surface area contributed by atoms with E-state index in [0.717, 1.165) is 5.57 Å². The maximum atomic E-state index is 14.7. The second-order valence-electron chi connectivity index (χ2n) is 6.89. The molecule has 0 radical (unpaired) electrons. The molecule has 1 aromatic carbocycles. The number of ether oxygens (including phenoxy) is 1. The van der Waals surface area contributed by atoms with Crippen molar-refractivity contribution >= 4 is 28.5 Å². The van der Waals surface area contributed by atoms with Crippen LogP contribution in [0.2, 0.25) is 0 Å². The first kappa shape index (κ1) is 20.2. The number of rotatable bonds is 6. The van der Waals surface area contributed by atoms with E-state index in [1.807, 2.05) is 6.08 Å². The Labute approximate surface area is 174 Å². The highest BCUT2D eigenvalue weighted by molar-refractivity contribution is 7.91. The number of aromatic nitrogens is 3. The summed E-state index contributed by atoms with van der Waals surface area (Å²) in [5.41, 5.74) is 10.6. The number of hydrogen-bond acceptors (Lipinski definition) is 6. The van der Waals surface area contributed by atoms with Crippen LogP contribution in [0.15, 0.2) is 35.6 Å². The molecule has 0 bridgehead atoms. The Kier molecular flexibility index (Phi) is 5.88. The molecule has 2 aliphatic heterocycles. The van der Waals surface area contributed by atoms with Gasteiger partial charge in [-0.3, -0.25) is 4.90 Å². The Morgan fingerprint density at radius 2 is 2.33 bits per heavy atom. The van der Waals surface area contributed by atoms with Gasteiger partial charge in [0.1, 0.15) is 23.4 Å². The first-order chi connectivity index (χ1) is 14.5. The van der Waals surface area contributed by atoms with Gasteiger partial charge in [0, 0.05) is 23.1 Å². The lowest BCUT2D eigenvalue weighted by Gasteiger charge is -2.19. The highest BCUT2D eigenvalue weighted by atomic mass is 32.2. The smallest absolute Gasteiger partial charge is 0.414 e. The molecular weight excluding hydrogens is 413 g/mol. The van der Waals surface area contributed by atoms with Gasteiger partial charge in [0.2, 0.25) is 0 Å². The number of carbonyl (C=O) groups excluding carboxylic acids is 1. The van der Waals surface area contributed by atoms with Crippen molar-refractivity contribution in [3.05, 3.63) is 58.0 Å². The molecule has 3 heterocycles. The molecule has 0 spiro atoms. The van der Waals surface area contributed by atoms with E-state index in [0.29, 0.717) is 34.9 Å². The first-order valence-electron chi connectivity index (χ1n) is 9.25. The highest BCUT2D eigenvalue weighted by Gasteiger charge is 2.33. The number of anilines is 1. The largest absolute Gasteiger partial charge is 0.616 e. The van der Waals surface area contributed by atoms with Gasteiger partial charge in [-0.2, -0.15) is 0 Å². The van der Waals surface area contributed by atoms with E-state index in [9.17, 15) is 13.7 Å².